The van der Waals surface area contributed by atoms with Gasteiger partial charge in [0.15, 0.2) is 5.96 Å². The smallest absolute Gasteiger partial charge is 0.237 e. The number of carbonyl (C=O) groups is 1. The van der Waals surface area contributed by atoms with Gasteiger partial charge in [0.05, 0.1) is 12.1 Å². The highest BCUT2D eigenvalue weighted by atomic mass is 16.1. The fourth-order valence-electron chi connectivity index (χ4n) is 2.68. The van der Waals surface area contributed by atoms with Crippen LogP contribution >= 0.6 is 0 Å². The fourth-order valence-corrected chi connectivity index (χ4v) is 2.68. The molecule has 1 aromatic heterocycles. The molecule has 3 N–H and O–H groups in total. The number of nitrogens with two attached hydrogens (primary N) is 1. The maximum absolute atomic E-state index is 11.6. The Balaban J connectivity index is 1.81. The second kappa shape index (κ2) is 7.45. The third-order valence-corrected chi connectivity index (χ3v) is 4.37. The average molecular weight is 321 g/mol. The lowest BCUT2D eigenvalue weighted by Crippen LogP contribution is -2.61. The van der Waals surface area contributed by atoms with Crippen molar-refractivity contribution in [3.8, 4) is 0 Å². The summed E-state index contributed by atoms with van der Waals surface area (Å²) in [6.07, 6.45) is 3.71. The van der Waals surface area contributed by atoms with E-state index >= 15 is 0 Å². The van der Waals surface area contributed by atoms with Crippen LogP contribution in [0.25, 0.3) is 0 Å². The lowest BCUT2D eigenvalue weighted by atomic mass is 10.0. The molecule has 0 atom stereocenters. The average Bonchev–Trinajstić information content (AvgIpc) is 3.05. The largest absolute Gasteiger partial charge is 0.368 e. The molecular formula is C15H27N7O. The van der Waals surface area contributed by atoms with Gasteiger partial charge in [-0.15, -0.1) is 0 Å². The Bertz CT molecular complexity index is 530. The summed E-state index contributed by atoms with van der Waals surface area (Å²) in [4.78, 5) is 20.2. The number of hydrogen-bond donors (Lipinski definition) is 2. The SMILES string of the molecule is CN=C(NCCn1cccn1)N1CCN(C(C)(C)C(N)=O)CC1. The van der Waals surface area contributed by atoms with Crippen LogP contribution in [-0.2, 0) is 11.3 Å². The van der Waals surface area contributed by atoms with Gasteiger partial charge in [0, 0.05) is 52.2 Å². The van der Waals surface area contributed by atoms with Crippen LogP contribution in [0.3, 0.4) is 0 Å². The number of piperazine rings is 1. The monoisotopic (exact) mass is 321 g/mol. The van der Waals surface area contributed by atoms with Crippen molar-refractivity contribution in [1.82, 2.24) is 24.9 Å². The summed E-state index contributed by atoms with van der Waals surface area (Å²) in [6.45, 7) is 8.52. The standard InChI is InChI=1S/C15H27N7O/c1-15(2,13(16)23)21-11-9-20(10-12-21)14(17-3)18-6-8-22-7-4-5-19-22/h4-5,7H,6,8-12H2,1-3H3,(H2,16,23)(H,17,18). The maximum Gasteiger partial charge on any atom is 0.237 e. The summed E-state index contributed by atoms with van der Waals surface area (Å²) in [5, 5.41) is 7.54. The molecule has 0 aromatic carbocycles. The minimum atomic E-state index is -0.608. The van der Waals surface area contributed by atoms with E-state index in [0.29, 0.717) is 0 Å². The molecule has 1 saturated heterocycles. The van der Waals surface area contributed by atoms with E-state index in [1.807, 2.05) is 30.8 Å². The minimum Gasteiger partial charge on any atom is -0.368 e. The van der Waals surface area contributed by atoms with Crippen molar-refractivity contribution in [2.75, 3.05) is 39.8 Å². The molecule has 2 rings (SSSR count). The summed E-state index contributed by atoms with van der Waals surface area (Å²) < 4.78 is 1.88. The van der Waals surface area contributed by atoms with E-state index in [1.54, 1.807) is 13.2 Å². The number of carbonyl (C=O) groups excluding carboxylic acids is 1. The van der Waals surface area contributed by atoms with Crippen molar-refractivity contribution in [1.29, 1.82) is 0 Å². The Morgan fingerprint density at radius 2 is 2.04 bits per heavy atom. The molecule has 0 aliphatic carbocycles. The van der Waals surface area contributed by atoms with Crippen molar-refractivity contribution in [2.45, 2.75) is 25.9 Å². The highest BCUT2D eigenvalue weighted by Gasteiger charge is 2.35. The molecule has 1 aliphatic rings. The van der Waals surface area contributed by atoms with Crippen molar-refractivity contribution in [2.24, 2.45) is 10.7 Å². The minimum absolute atomic E-state index is 0.285. The molecule has 1 aromatic rings. The molecule has 128 valence electrons. The normalized spacial score (nSPS) is 17.3. The van der Waals surface area contributed by atoms with Crippen LogP contribution < -0.4 is 11.1 Å². The molecule has 0 saturated carbocycles. The molecule has 23 heavy (non-hydrogen) atoms. The molecule has 1 amide bonds. The number of hydrogen-bond acceptors (Lipinski definition) is 4. The van der Waals surface area contributed by atoms with E-state index in [-0.39, 0.29) is 5.91 Å². The van der Waals surface area contributed by atoms with Gasteiger partial charge in [-0.3, -0.25) is 19.4 Å². The summed E-state index contributed by atoms with van der Waals surface area (Å²) in [6, 6.07) is 1.91. The van der Waals surface area contributed by atoms with E-state index in [2.05, 4.69) is 25.2 Å². The zero-order valence-electron chi connectivity index (χ0n) is 14.2. The topological polar surface area (TPSA) is 91.8 Å². The van der Waals surface area contributed by atoms with Crippen LogP contribution in [0.5, 0.6) is 0 Å². The van der Waals surface area contributed by atoms with E-state index in [1.165, 1.54) is 0 Å². The van der Waals surface area contributed by atoms with Crippen molar-refractivity contribution in [3.63, 3.8) is 0 Å². The molecule has 2 heterocycles. The third-order valence-electron chi connectivity index (χ3n) is 4.37. The number of rotatable bonds is 5. The van der Waals surface area contributed by atoms with E-state index in [4.69, 9.17) is 5.73 Å². The predicted octanol–water partition coefficient (Wildman–Crippen LogP) is -0.660. The Labute approximate surface area is 137 Å². The van der Waals surface area contributed by atoms with Gasteiger partial charge in [0.2, 0.25) is 5.91 Å². The number of guanidine groups is 1. The van der Waals surface area contributed by atoms with Crippen molar-refractivity contribution >= 4 is 11.9 Å². The highest BCUT2D eigenvalue weighted by Crippen LogP contribution is 2.16. The van der Waals surface area contributed by atoms with Crippen LogP contribution in [0.1, 0.15) is 13.8 Å². The van der Waals surface area contributed by atoms with Crippen LogP contribution in [0.4, 0.5) is 0 Å². The Morgan fingerprint density at radius 3 is 2.57 bits per heavy atom. The van der Waals surface area contributed by atoms with Crippen LogP contribution in [0.15, 0.2) is 23.5 Å². The summed E-state index contributed by atoms with van der Waals surface area (Å²) >= 11 is 0. The van der Waals surface area contributed by atoms with Gasteiger partial charge in [0.1, 0.15) is 0 Å². The molecule has 0 unspecified atom stereocenters. The zero-order chi connectivity index (χ0) is 16.9. The molecule has 0 radical (unpaired) electrons. The molecule has 0 bridgehead atoms. The lowest BCUT2D eigenvalue weighted by Gasteiger charge is -2.43. The fraction of sp³-hybridized carbons (Fsp3) is 0.667. The van der Waals surface area contributed by atoms with Gasteiger partial charge in [-0.1, -0.05) is 0 Å². The number of aromatic nitrogens is 2. The van der Waals surface area contributed by atoms with Crippen LogP contribution in [0.2, 0.25) is 0 Å². The first-order valence-electron chi connectivity index (χ1n) is 7.93. The van der Waals surface area contributed by atoms with Crippen LogP contribution in [0, 0.1) is 0 Å². The quantitative estimate of drug-likeness (QED) is 0.555. The Morgan fingerprint density at radius 1 is 1.35 bits per heavy atom. The Hall–Kier alpha value is -2.09. The molecule has 1 aliphatic heterocycles. The van der Waals surface area contributed by atoms with E-state index in [0.717, 1.165) is 45.2 Å². The second-order valence-electron chi connectivity index (χ2n) is 6.14. The first kappa shape index (κ1) is 17.3. The third kappa shape index (κ3) is 4.22. The highest BCUT2D eigenvalue weighted by molar-refractivity contribution is 5.84. The first-order chi connectivity index (χ1) is 10.9. The van der Waals surface area contributed by atoms with E-state index in [9.17, 15) is 4.79 Å². The summed E-state index contributed by atoms with van der Waals surface area (Å²) in [5.74, 6) is 0.598. The zero-order valence-corrected chi connectivity index (χ0v) is 14.2. The Kier molecular flexibility index (Phi) is 5.59. The number of aliphatic imine (C=N–C) groups is 1. The molecule has 8 heteroatoms. The van der Waals surface area contributed by atoms with E-state index < -0.39 is 5.54 Å². The molecule has 0 spiro atoms. The summed E-state index contributed by atoms with van der Waals surface area (Å²) in [7, 11) is 1.79. The number of nitrogens with zero attached hydrogens (tertiary/aromatic N) is 5. The number of nitrogens with one attached hydrogen (secondary N) is 1. The lowest BCUT2D eigenvalue weighted by molar-refractivity contribution is -0.129. The van der Waals surface area contributed by atoms with Crippen molar-refractivity contribution < 1.29 is 4.79 Å². The molecule has 1 fully saturated rings. The van der Waals surface area contributed by atoms with Gasteiger partial charge in [-0.2, -0.15) is 5.10 Å². The van der Waals surface area contributed by atoms with Gasteiger partial charge in [0.25, 0.3) is 0 Å². The second-order valence-corrected chi connectivity index (χ2v) is 6.14. The van der Waals surface area contributed by atoms with Crippen molar-refractivity contribution in [3.05, 3.63) is 18.5 Å². The first-order valence-corrected chi connectivity index (χ1v) is 7.93. The predicted molar refractivity (Wildman–Crippen MR) is 90.0 cm³/mol. The number of primary amides is 1. The van der Waals surface area contributed by atoms with Gasteiger partial charge >= 0.3 is 0 Å². The summed E-state index contributed by atoms with van der Waals surface area (Å²) in [5.41, 5.74) is 4.89. The molecular weight excluding hydrogens is 294 g/mol. The van der Waals surface area contributed by atoms with Crippen LogP contribution in [-0.4, -0.2) is 76.8 Å². The van der Waals surface area contributed by atoms with Gasteiger partial charge in [-0.05, 0) is 19.9 Å². The molecule has 8 nitrogen and oxygen atoms in total. The maximum atomic E-state index is 11.6. The number of amides is 1. The van der Waals surface area contributed by atoms with Gasteiger partial charge in [-0.25, -0.2) is 0 Å². The van der Waals surface area contributed by atoms with Gasteiger partial charge < -0.3 is 16.0 Å².